The molecular formula is C31H37N3O. The molecule has 2 aliphatic rings. The monoisotopic (exact) mass is 467 g/mol. The number of nitrogens with zero attached hydrogens (tertiary/aromatic N) is 1. The first-order valence-corrected chi connectivity index (χ1v) is 13.1. The van der Waals surface area contributed by atoms with Crippen molar-refractivity contribution in [2.75, 3.05) is 29.9 Å². The number of anilines is 2. The summed E-state index contributed by atoms with van der Waals surface area (Å²) in [6.07, 6.45) is 4.15. The first kappa shape index (κ1) is 23.5. The summed E-state index contributed by atoms with van der Waals surface area (Å²) in [6.45, 7) is 9.65. The zero-order valence-corrected chi connectivity index (χ0v) is 21.2. The largest absolute Gasteiger partial charge is 0.371 e. The molecule has 3 aromatic rings. The van der Waals surface area contributed by atoms with Crippen LogP contribution in [0.5, 0.6) is 0 Å². The molecule has 4 heteroatoms. The van der Waals surface area contributed by atoms with Crippen LogP contribution in [0.1, 0.15) is 68.7 Å². The van der Waals surface area contributed by atoms with E-state index in [1.54, 1.807) is 0 Å². The van der Waals surface area contributed by atoms with Crippen molar-refractivity contribution in [3.63, 3.8) is 0 Å². The maximum Gasteiger partial charge on any atom is 0.319 e. The second-order valence-corrected chi connectivity index (χ2v) is 10.5. The Balaban J connectivity index is 1.66. The summed E-state index contributed by atoms with van der Waals surface area (Å²) in [5.41, 5.74) is 7.30. The Bertz CT molecular complexity index is 1110. The van der Waals surface area contributed by atoms with Crippen molar-refractivity contribution in [1.82, 2.24) is 5.32 Å². The number of unbranched alkanes of at least 4 members (excludes halogenated alkanes) is 1. The van der Waals surface area contributed by atoms with Crippen molar-refractivity contribution in [2.24, 2.45) is 0 Å². The lowest BCUT2D eigenvalue weighted by Gasteiger charge is -2.50. The van der Waals surface area contributed by atoms with Crippen LogP contribution in [0.15, 0.2) is 72.8 Å². The molecule has 182 valence electrons. The van der Waals surface area contributed by atoms with E-state index in [0.29, 0.717) is 6.54 Å². The molecule has 5 rings (SSSR count). The Hall–Kier alpha value is -3.27. The molecule has 2 unspecified atom stereocenters. The number of amides is 2. The highest BCUT2D eigenvalue weighted by Crippen LogP contribution is 2.54. The van der Waals surface area contributed by atoms with Gasteiger partial charge in [-0.05, 0) is 53.6 Å². The van der Waals surface area contributed by atoms with E-state index >= 15 is 0 Å². The van der Waals surface area contributed by atoms with Crippen molar-refractivity contribution in [3.05, 3.63) is 95.1 Å². The number of hydrogen-bond donors (Lipinski definition) is 2. The molecule has 0 saturated heterocycles. The maximum atomic E-state index is 12.8. The van der Waals surface area contributed by atoms with Gasteiger partial charge >= 0.3 is 6.03 Å². The van der Waals surface area contributed by atoms with Crippen LogP contribution in [0.3, 0.4) is 0 Å². The molecule has 4 nitrogen and oxygen atoms in total. The minimum Gasteiger partial charge on any atom is -0.371 e. The van der Waals surface area contributed by atoms with E-state index in [2.05, 4.69) is 109 Å². The third-order valence-electron chi connectivity index (χ3n) is 8.27. The summed E-state index contributed by atoms with van der Waals surface area (Å²) in [7, 11) is 0. The Morgan fingerprint density at radius 3 is 1.86 bits per heavy atom. The van der Waals surface area contributed by atoms with E-state index in [0.717, 1.165) is 44.5 Å². The molecule has 0 bridgehead atoms. The van der Waals surface area contributed by atoms with Gasteiger partial charge in [0, 0.05) is 41.8 Å². The summed E-state index contributed by atoms with van der Waals surface area (Å²) < 4.78 is 0. The highest BCUT2D eigenvalue weighted by molar-refractivity contribution is 5.90. The third-order valence-corrected chi connectivity index (χ3v) is 8.27. The number of carbonyl (C=O) groups is 1. The number of carbonyl (C=O) groups excluding carboxylic acids is 1. The Kier molecular flexibility index (Phi) is 6.31. The number of hydrogen-bond acceptors (Lipinski definition) is 2. The minimum atomic E-state index is -0.128. The van der Waals surface area contributed by atoms with Gasteiger partial charge in [0.25, 0.3) is 0 Å². The van der Waals surface area contributed by atoms with E-state index in [9.17, 15) is 4.79 Å². The van der Waals surface area contributed by atoms with Crippen LogP contribution in [-0.2, 0) is 10.8 Å². The molecule has 2 amide bonds. The molecule has 35 heavy (non-hydrogen) atoms. The highest BCUT2D eigenvalue weighted by Gasteiger charge is 2.45. The molecule has 2 aliphatic heterocycles. The number of benzene rings is 3. The molecule has 2 heterocycles. The van der Waals surface area contributed by atoms with E-state index < -0.39 is 0 Å². The predicted molar refractivity (Wildman–Crippen MR) is 146 cm³/mol. The number of rotatable bonds is 6. The lowest BCUT2D eigenvalue weighted by Crippen LogP contribution is -2.47. The smallest absolute Gasteiger partial charge is 0.319 e. The lowest BCUT2D eigenvalue weighted by molar-refractivity contribution is 0.252. The molecule has 0 fully saturated rings. The molecule has 3 aromatic carbocycles. The topological polar surface area (TPSA) is 44.4 Å². The predicted octanol–water partition coefficient (Wildman–Crippen LogP) is 6.83. The van der Waals surface area contributed by atoms with E-state index in [1.807, 2.05) is 0 Å². The average Bonchev–Trinajstić information content (AvgIpc) is 2.89. The van der Waals surface area contributed by atoms with Crippen molar-refractivity contribution in [1.29, 1.82) is 0 Å². The zero-order valence-electron chi connectivity index (χ0n) is 21.2. The fraction of sp³-hybridized carbons (Fsp3) is 0.387. The SMILES string of the molecule is CCCCNC(=O)Nc1cc2c3c(c1)C(C)(c1ccccc1)CCN3CCC2(C)c1ccccc1. The second kappa shape index (κ2) is 9.41. The molecule has 0 radical (unpaired) electrons. The van der Waals surface area contributed by atoms with Gasteiger partial charge in [-0.2, -0.15) is 0 Å². The number of nitrogens with one attached hydrogen (secondary N) is 2. The summed E-state index contributed by atoms with van der Waals surface area (Å²) in [6, 6.07) is 26.0. The Morgan fingerprint density at radius 1 is 0.857 bits per heavy atom. The van der Waals surface area contributed by atoms with Gasteiger partial charge in [0.15, 0.2) is 0 Å². The van der Waals surface area contributed by atoms with Gasteiger partial charge in [-0.25, -0.2) is 4.79 Å². The van der Waals surface area contributed by atoms with Crippen molar-refractivity contribution >= 4 is 17.4 Å². The van der Waals surface area contributed by atoms with E-state index in [1.165, 1.54) is 27.9 Å². The van der Waals surface area contributed by atoms with Crippen LogP contribution < -0.4 is 15.5 Å². The first-order chi connectivity index (χ1) is 17.0. The quantitative estimate of drug-likeness (QED) is 0.390. The van der Waals surface area contributed by atoms with Crippen LogP contribution in [0, 0.1) is 0 Å². The fourth-order valence-corrected chi connectivity index (χ4v) is 5.98. The molecule has 0 aromatic heterocycles. The maximum absolute atomic E-state index is 12.8. The van der Waals surface area contributed by atoms with Gasteiger partial charge in [0.1, 0.15) is 0 Å². The normalized spacial score (nSPS) is 22.9. The van der Waals surface area contributed by atoms with Crippen LogP contribution in [-0.4, -0.2) is 25.7 Å². The number of urea groups is 1. The molecule has 0 spiro atoms. The first-order valence-electron chi connectivity index (χ1n) is 13.1. The lowest BCUT2D eigenvalue weighted by atomic mass is 9.64. The summed E-state index contributed by atoms with van der Waals surface area (Å²) in [4.78, 5) is 15.3. The van der Waals surface area contributed by atoms with Gasteiger partial charge in [0.05, 0.1) is 0 Å². The van der Waals surface area contributed by atoms with Gasteiger partial charge in [-0.15, -0.1) is 0 Å². The average molecular weight is 468 g/mol. The molecule has 0 aliphatic carbocycles. The van der Waals surface area contributed by atoms with Crippen molar-refractivity contribution < 1.29 is 4.79 Å². The van der Waals surface area contributed by atoms with E-state index in [-0.39, 0.29) is 16.9 Å². The van der Waals surface area contributed by atoms with E-state index in [4.69, 9.17) is 0 Å². The summed E-state index contributed by atoms with van der Waals surface area (Å²) >= 11 is 0. The van der Waals surface area contributed by atoms with Crippen LogP contribution in [0.4, 0.5) is 16.2 Å². The van der Waals surface area contributed by atoms with Crippen molar-refractivity contribution in [3.8, 4) is 0 Å². The molecular weight excluding hydrogens is 430 g/mol. The van der Waals surface area contributed by atoms with Gasteiger partial charge < -0.3 is 15.5 Å². The Morgan fingerprint density at radius 2 is 1.37 bits per heavy atom. The van der Waals surface area contributed by atoms with Crippen LogP contribution in [0.2, 0.25) is 0 Å². The third kappa shape index (κ3) is 4.20. The highest BCUT2D eigenvalue weighted by atomic mass is 16.2. The summed E-state index contributed by atoms with van der Waals surface area (Å²) in [5.74, 6) is 0. The molecule has 2 N–H and O–H groups in total. The van der Waals surface area contributed by atoms with Gasteiger partial charge in [0.2, 0.25) is 0 Å². The van der Waals surface area contributed by atoms with Crippen LogP contribution in [0.25, 0.3) is 0 Å². The van der Waals surface area contributed by atoms with Gasteiger partial charge in [-0.3, -0.25) is 0 Å². The minimum absolute atomic E-state index is 0.118. The van der Waals surface area contributed by atoms with Gasteiger partial charge in [-0.1, -0.05) is 87.9 Å². The standard InChI is InChI=1S/C31H37N3O/c1-4-5-18-32-29(35)33-25-21-26-28-27(22-25)31(3,24-14-10-7-11-15-24)17-20-34(28)19-16-30(26,2)23-12-8-6-9-13-23/h6-15,21-22H,4-5,16-20H2,1-3H3,(H2,32,33,35). The second-order valence-electron chi connectivity index (χ2n) is 10.5. The fourth-order valence-electron chi connectivity index (χ4n) is 5.98. The van der Waals surface area contributed by atoms with Crippen LogP contribution >= 0.6 is 0 Å². The van der Waals surface area contributed by atoms with Crippen molar-refractivity contribution in [2.45, 2.75) is 57.3 Å². The molecule has 2 atom stereocenters. The molecule has 0 saturated carbocycles. The Labute approximate surface area is 209 Å². The summed E-state index contributed by atoms with van der Waals surface area (Å²) in [5, 5.41) is 6.19. The zero-order chi connectivity index (χ0) is 24.5.